The molecule has 0 saturated heterocycles. The minimum atomic E-state index is 0.370. The molecule has 1 saturated carbocycles. The summed E-state index contributed by atoms with van der Waals surface area (Å²) >= 11 is 0. The molecule has 96 valence electrons. The first kappa shape index (κ1) is 14.0. The Bertz CT molecular complexity index is 182. The number of hydrogen-bond acceptors (Lipinski definition) is 2. The minimum Gasteiger partial charge on any atom is -0.379 e. The van der Waals surface area contributed by atoms with E-state index in [9.17, 15) is 0 Å². The van der Waals surface area contributed by atoms with Gasteiger partial charge in [0.25, 0.3) is 0 Å². The van der Waals surface area contributed by atoms with Gasteiger partial charge in [-0.3, -0.25) is 0 Å². The summed E-state index contributed by atoms with van der Waals surface area (Å²) in [5.74, 6) is 1.77. The monoisotopic (exact) mass is 227 g/mol. The van der Waals surface area contributed by atoms with E-state index in [1.807, 2.05) is 0 Å². The van der Waals surface area contributed by atoms with Crippen LogP contribution < -0.4 is 5.32 Å². The second-order valence-electron chi connectivity index (χ2n) is 5.73. The highest BCUT2D eigenvalue weighted by Crippen LogP contribution is 2.28. The molecule has 2 heteroatoms. The fourth-order valence-electron chi connectivity index (χ4n) is 2.65. The number of nitrogens with one attached hydrogen (secondary N) is 1. The van der Waals surface area contributed by atoms with Gasteiger partial charge in [0.05, 0.1) is 6.10 Å². The van der Waals surface area contributed by atoms with E-state index in [2.05, 4.69) is 33.0 Å². The third-order valence-corrected chi connectivity index (χ3v) is 3.61. The van der Waals surface area contributed by atoms with E-state index >= 15 is 0 Å². The fourth-order valence-corrected chi connectivity index (χ4v) is 2.65. The smallest absolute Gasteiger partial charge is 0.0518 e. The van der Waals surface area contributed by atoms with E-state index in [1.54, 1.807) is 0 Å². The van der Waals surface area contributed by atoms with Gasteiger partial charge in [-0.05, 0) is 57.9 Å². The second-order valence-corrected chi connectivity index (χ2v) is 5.73. The highest BCUT2D eigenvalue weighted by molar-refractivity contribution is 4.80. The molecule has 1 rings (SSSR count). The standard InChI is InChI=1S/C14H29NO/c1-11(2)16-9-5-8-15-14-7-6-12(3)10-13(14)4/h11-15H,5-10H2,1-4H3. The fraction of sp³-hybridized carbons (Fsp3) is 1.00. The van der Waals surface area contributed by atoms with Crippen molar-refractivity contribution in [3.05, 3.63) is 0 Å². The predicted octanol–water partition coefficient (Wildman–Crippen LogP) is 3.22. The minimum absolute atomic E-state index is 0.370. The van der Waals surface area contributed by atoms with Crippen molar-refractivity contribution in [3.8, 4) is 0 Å². The Balaban J connectivity index is 2.04. The van der Waals surface area contributed by atoms with E-state index in [0.717, 1.165) is 37.5 Å². The summed E-state index contributed by atoms with van der Waals surface area (Å²) in [5.41, 5.74) is 0. The van der Waals surface area contributed by atoms with Gasteiger partial charge in [0.1, 0.15) is 0 Å². The largest absolute Gasteiger partial charge is 0.379 e. The average Bonchev–Trinajstić information content (AvgIpc) is 2.20. The average molecular weight is 227 g/mol. The number of ether oxygens (including phenoxy) is 1. The van der Waals surface area contributed by atoms with Crippen LogP contribution in [0.1, 0.15) is 53.4 Å². The van der Waals surface area contributed by atoms with Crippen LogP contribution in [0.5, 0.6) is 0 Å². The Labute approximate surface area is 101 Å². The van der Waals surface area contributed by atoms with Gasteiger partial charge in [-0.15, -0.1) is 0 Å². The van der Waals surface area contributed by atoms with Gasteiger partial charge in [0.15, 0.2) is 0 Å². The summed E-state index contributed by atoms with van der Waals surface area (Å²) in [5, 5.41) is 3.69. The Hall–Kier alpha value is -0.0800. The third-order valence-electron chi connectivity index (χ3n) is 3.61. The van der Waals surface area contributed by atoms with Gasteiger partial charge in [-0.2, -0.15) is 0 Å². The summed E-state index contributed by atoms with van der Waals surface area (Å²) in [4.78, 5) is 0. The normalized spacial score (nSPS) is 30.9. The van der Waals surface area contributed by atoms with E-state index in [-0.39, 0.29) is 0 Å². The van der Waals surface area contributed by atoms with Gasteiger partial charge in [0.2, 0.25) is 0 Å². The van der Waals surface area contributed by atoms with Crippen molar-refractivity contribution in [2.75, 3.05) is 13.2 Å². The molecule has 0 aromatic heterocycles. The van der Waals surface area contributed by atoms with Crippen LogP contribution in [-0.4, -0.2) is 25.3 Å². The van der Waals surface area contributed by atoms with Gasteiger partial charge in [-0.25, -0.2) is 0 Å². The van der Waals surface area contributed by atoms with Crippen LogP contribution in [0.15, 0.2) is 0 Å². The molecule has 2 nitrogen and oxygen atoms in total. The Morgan fingerprint density at radius 3 is 2.62 bits per heavy atom. The SMILES string of the molecule is CC1CCC(NCCCOC(C)C)C(C)C1. The van der Waals surface area contributed by atoms with Crippen molar-refractivity contribution in [1.29, 1.82) is 0 Å². The van der Waals surface area contributed by atoms with Crippen LogP contribution in [0, 0.1) is 11.8 Å². The molecule has 3 atom stereocenters. The molecule has 0 heterocycles. The molecule has 0 bridgehead atoms. The molecule has 1 aliphatic carbocycles. The molecule has 1 fully saturated rings. The molecule has 0 aromatic rings. The first-order valence-electron chi connectivity index (χ1n) is 6.94. The maximum Gasteiger partial charge on any atom is 0.0518 e. The molecule has 0 amide bonds. The van der Waals surface area contributed by atoms with Crippen molar-refractivity contribution in [3.63, 3.8) is 0 Å². The third kappa shape index (κ3) is 5.31. The van der Waals surface area contributed by atoms with E-state index in [1.165, 1.54) is 19.3 Å². The maximum atomic E-state index is 5.54. The van der Waals surface area contributed by atoms with Crippen LogP contribution in [-0.2, 0) is 4.74 Å². The van der Waals surface area contributed by atoms with Crippen LogP contribution >= 0.6 is 0 Å². The topological polar surface area (TPSA) is 21.3 Å². The zero-order valence-electron chi connectivity index (χ0n) is 11.5. The maximum absolute atomic E-state index is 5.54. The lowest BCUT2D eigenvalue weighted by atomic mass is 9.80. The molecular weight excluding hydrogens is 198 g/mol. The van der Waals surface area contributed by atoms with Crippen molar-refractivity contribution >= 4 is 0 Å². The summed E-state index contributed by atoms with van der Waals surface area (Å²) in [7, 11) is 0. The van der Waals surface area contributed by atoms with Crippen molar-refractivity contribution in [2.24, 2.45) is 11.8 Å². The quantitative estimate of drug-likeness (QED) is 0.704. The first-order valence-corrected chi connectivity index (χ1v) is 6.94. The van der Waals surface area contributed by atoms with E-state index in [0.29, 0.717) is 6.10 Å². The lowest BCUT2D eigenvalue weighted by molar-refractivity contribution is 0.0758. The predicted molar refractivity (Wildman–Crippen MR) is 69.7 cm³/mol. The molecule has 3 unspecified atom stereocenters. The second kappa shape index (κ2) is 7.29. The Morgan fingerprint density at radius 2 is 2.00 bits per heavy atom. The van der Waals surface area contributed by atoms with E-state index in [4.69, 9.17) is 4.74 Å². The molecule has 0 aliphatic heterocycles. The van der Waals surface area contributed by atoms with Crippen molar-refractivity contribution in [1.82, 2.24) is 5.32 Å². The lowest BCUT2D eigenvalue weighted by Gasteiger charge is -2.33. The van der Waals surface area contributed by atoms with Crippen LogP contribution in [0.2, 0.25) is 0 Å². The zero-order chi connectivity index (χ0) is 12.0. The summed E-state index contributed by atoms with van der Waals surface area (Å²) in [6, 6.07) is 0.746. The van der Waals surface area contributed by atoms with Gasteiger partial charge < -0.3 is 10.1 Å². The molecule has 0 spiro atoms. The molecular formula is C14H29NO. The molecule has 16 heavy (non-hydrogen) atoms. The Morgan fingerprint density at radius 1 is 1.25 bits per heavy atom. The molecule has 1 N–H and O–H groups in total. The van der Waals surface area contributed by atoms with Gasteiger partial charge in [-0.1, -0.05) is 13.8 Å². The van der Waals surface area contributed by atoms with Gasteiger partial charge in [0, 0.05) is 12.6 Å². The zero-order valence-corrected chi connectivity index (χ0v) is 11.5. The van der Waals surface area contributed by atoms with E-state index < -0.39 is 0 Å². The number of hydrogen-bond donors (Lipinski definition) is 1. The van der Waals surface area contributed by atoms with Crippen molar-refractivity contribution < 1.29 is 4.74 Å². The van der Waals surface area contributed by atoms with Crippen LogP contribution in [0.4, 0.5) is 0 Å². The molecule has 0 aromatic carbocycles. The summed E-state index contributed by atoms with van der Waals surface area (Å²) in [6.07, 6.45) is 5.64. The summed E-state index contributed by atoms with van der Waals surface area (Å²) in [6.45, 7) is 11.0. The highest BCUT2D eigenvalue weighted by Gasteiger charge is 2.24. The van der Waals surface area contributed by atoms with Crippen LogP contribution in [0.25, 0.3) is 0 Å². The molecule has 0 radical (unpaired) electrons. The molecule has 1 aliphatic rings. The Kier molecular flexibility index (Phi) is 6.37. The first-order chi connectivity index (χ1) is 7.59. The van der Waals surface area contributed by atoms with Crippen molar-refractivity contribution in [2.45, 2.75) is 65.5 Å². The van der Waals surface area contributed by atoms with Crippen LogP contribution in [0.3, 0.4) is 0 Å². The summed E-state index contributed by atoms with van der Waals surface area (Å²) < 4.78 is 5.54. The van der Waals surface area contributed by atoms with Gasteiger partial charge >= 0.3 is 0 Å². The highest BCUT2D eigenvalue weighted by atomic mass is 16.5. The number of rotatable bonds is 6. The lowest BCUT2D eigenvalue weighted by Crippen LogP contribution is -2.39.